The largest absolute Gasteiger partial charge is 0.496 e. The number of ether oxygens (including phenoxy) is 1. The molecule has 0 aliphatic rings. The maximum atomic E-state index is 6.10. The molecular formula is C11H16ClNO. The number of methoxy groups -OCH3 is 1. The van der Waals surface area contributed by atoms with E-state index >= 15 is 0 Å². The van der Waals surface area contributed by atoms with Crippen LogP contribution in [0.2, 0.25) is 5.02 Å². The fraction of sp³-hybridized carbons (Fsp3) is 0.455. The molecule has 14 heavy (non-hydrogen) atoms. The number of benzene rings is 1. The third-order valence-corrected chi connectivity index (χ3v) is 2.57. The highest BCUT2D eigenvalue weighted by molar-refractivity contribution is 6.31. The van der Waals surface area contributed by atoms with Gasteiger partial charge in [0.05, 0.1) is 7.11 Å². The van der Waals surface area contributed by atoms with Crippen molar-refractivity contribution in [3.05, 3.63) is 28.3 Å². The smallest absolute Gasteiger partial charge is 0.122 e. The molecule has 0 spiro atoms. The fourth-order valence-corrected chi connectivity index (χ4v) is 1.71. The zero-order valence-corrected chi connectivity index (χ0v) is 9.40. The van der Waals surface area contributed by atoms with E-state index in [-0.39, 0.29) is 0 Å². The van der Waals surface area contributed by atoms with Crippen LogP contribution in [-0.2, 0) is 6.42 Å². The van der Waals surface area contributed by atoms with Crippen molar-refractivity contribution in [3.8, 4) is 5.75 Å². The minimum Gasteiger partial charge on any atom is -0.496 e. The number of rotatable bonds is 4. The lowest BCUT2D eigenvalue weighted by Crippen LogP contribution is -2.01. The highest BCUT2D eigenvalue weighted by Gasteiger charge is 2.05. The first-order valence-electron chi connectivity index (χ1n) is 4.72. The Balaban J connectivity index is 2.92. The van der Waals surface area contributed by atoms with Crippen molar-refractivity contribution in [2.45, 2.75) is 19.8 Å². The number of nitrogens with two attached hydrogens (primary N) is 1. The lowest BCUT2D eigenvalue weighted by atomic mass is 10.1. The van der Waals surface area contributed by atoms with Gasteiger partial charge in [-0.3, -0.25) is 0 Å². The summed E-state index contributed by atoms with van der Waals surface area (Å²) in [6, 6.07) is 3.93. The molecule has 0 aromatic heterocycles. The first-order valence-corrected chi connectivity index (χ1v) is 5.10. The second kappa shape index (κ2) is 5.23. The van der Waals surface area contributed by atoms with E-state index in [1.165, 1.54) is 0 Å². The first-order chi connectivity index (χ1) is 6.69. The topological polar surface area (TPSA) is 35.2 Å². The van der Waals surface area contributed by atoms with Gasteiger partial charge < -0.3 is 10.5 Å². The molecule has 0 heterocycles. The molecule has 2 N–H and O–H groups in total. The van der Waals surface area contributed by atoms with Gasteiger partial charge in [0.1, 0.15) is 5.75 Å². The van der Waals surface area contributed by atoms with Gasteiger partial charge in [-0.15, -0.1) is 0 Å². The number of halogens is 1. The molecule has 1 aromatic rings. The Morgan fingerprint density at radius 1 is 1.43 bits per heavy atom. The summed E-state index contributed by atoms with van der Waals surface area (Å²) < 4.78 is 5.23. The summed E-state index contributed by atoms with van der Waals surface area (Å²) in [5.74, 6) is 0.890. The van der Waals surface area contributed by atoms with Gasteiger partial charge in [-0.2, -0.15) is 0 Å². The van der Waals surface area contributed by atoms with Crippen molar-refractivity contribution in [1.29, 1.82) is 0 Å². The minimum absolute atomic E-state index is 0.687. The number of aryl methyl sites for hydroxylation is 2. The summed E-state index contributed by atoms with van der Waals surface area (Å²) >= 11 is 6.10. The van der Waals surface area contributed by atoms with Crippen LogP contribution < -0.4 is 10.5 Å². The maximum absolute atomic E-state index is 6.10. The SMILES string of the molecule is COc1cc(CCCN)c(Cl)cc1C. The van der Waals surface area contributed by atoms with Crippen LogP contribution in [-0.4, -0.2) is 13.7 Å². The molecule has 0 saturated carbocycles. The Hall–Kier alpha value is -0.730. The summed E-state index contributed by atoms with van der Waals surface area (Å²) in [7, 11) is 1.67. The Morgan fingerprint density at radius 2 is 2.14 bits per heavy atom. The summed E-state index contributed by atoms with van der Waals surface area (Å²) in [6.07, 6.45) is 1.86. The van der Waals surface area contributed by atoms with Gasteiger partial charge in [-0.05, 0) is 49.6 Å². The molecule has 2 nitrogen and oxygen atoms in total. The molecule has 0 amide bonds. The quantitative estimate of drug-likeness (QED) is 0.835. The average Bonchev–Trinajstić information content (AvgIpc) is 2.17. The predicted octanol–water partition coefficient (Wildman–Crippen LogP) is 2.55. The molecule has 1 rings (SSSR count). The summed E-state index contributed by atoms with van der Waals surface area (Å²) in [6.45, 7) is 2.67. The predicted molar refractivity (Wildman–Crippen MR) is 60.1 cm³/mol. The molecule has 0 saturated heterocycles. The summed E-state index contributed by atoms with van der Waals surface area (Å²) in [5, 5.41) is 0.803. The summed E-state index contributed by atoms with van der Waals surface area (Å²) in [4.78, 5) is 0. The Labute approximate surface area is 90.0 Å². The molecular weight excluding hydrogens is 198 g/mol. The zero-order valence-electron chi connectivity index (χ0n) is 8.64. The molecule has 0 unspecified atom stereocenters. The fourth-order valence-electron chi connectivity index (χ4n) is 1.40. The van der Waals surface area contributed by atoms with Gasteiger partial charge in [0, 0.05) is 5.02 Å². The third-order valence-electron chi connectivity index (χ3n) is 2.21. The highest BCUT2D eigenvalue weighted by Crippen LogP contribution is 2.27. The highest BCUT2D eigenvalue weighted by atomic mass is 35.5. The Morgan fingerprint density at radius 3 is 2.71 bits per heavy atom. The molecule has 0 atom stereocenters. The molecule has 0 fully saturated rings. The van der Waals surface area contributed by atoms with Crippen LogP contribution in [0.4, 0.5) is 0 Å². The standard InChI is InChI=1S/C11H16ClNO/c1-8-6-10(12)9(4-3-5-13)7-11(8)14-2/h6-7H,3-5,13H2,1-2H3. The molecule has 78 valence electrons. The van der Waals surface area contributed by atoms with Crippen molar-refractivity contribution >= 4 is 11.6 Å². The Kier molecular flexibility index (Phi) is 4.23. The molecule has 0 bridgehead atoms. The van der Waals surface area contributed by atoms with Crippen LogP contribution in [0.1, 0.15) is 17.5 Å². The van der Waals surface area contributed by atoms with Crippen LogP contribution in [0.5, 0.6) is 5.75 Å². The van der Waals surface area contributed by atoms with E-state index in [0.29, 0.717) is 6.54 Å². The van der Waals surface area contributed by atoms with Crippen molar-refractivity contribution in [1.82, 2.24) is 0 Å². The van der Waals surface area contributed by atoms with Gasteiger partial charge in [0.15, 0.2) is 0 Å². The second-order valence-corrected chi connectivity index (χ2v) is 3.71. The third kappa shape index (κ3) is 2.63. The lowest BCUT2D eigenvalue weighted by molar-refractivity contribution is 0.411. The van der Waals surface area contributed by atoms with E-state index in [2.05, 4.69) is 0 Å². The van der Waals surface area contributed by atoms with E-state index < -0.39 is 0 Å². The van der Waals surface area contributed by atoms with Crippen LogP contribution >= 0.6 is 11.6 Å². The van der Waals surface area contributed by atoms with E-state index in [1.807, 2.05) is 19.1 Å². The van der Waals surface area contributed by atoms with E-state index in [0.717, 1.165) is 34.7 Å². The molecule has 0 aliphatic carbocycles. The van der Waals surface area contributed by atoms with E-state index in [9.17, 15) is 0 Å². The maximum Gasteiger partial charge on any atom is 0.122 e. The monoisotopic (exact) mass is 213 g/mol. The van der Waals surface area contributed by atoms with Gasteiger partial charge in [-0.1, -0.05) is 11.6 Å². The van der Waals surface area contributed by atoms with Gasteiger partial charge in [0.2, 0.25) is 0 Å². The zero-order chi connectivity index (χ0) is 10.6. The van der Waals surface area contributed by atoms with Crippen molar-refractivity contribution in [3.63, 3.8) is 0 Å². The van der Waals surface area contributed by atoms with Crippen LogP contribution in [0, 0.1) is 6.92 Å². The van der Waals surface area contributed by atoms with E-state index in [1.54, 1.807) is 7.11 Å². The van der Waals surface area contributed by atoms with Crippen molar-refractivity contribution in [2.75, 3.05) is 13.7 Å². The van der Waals surface area contributed by atoms with Gasteiger partial charge in [-0.25, -0.2) is 0 Å². The van der Waals surface area contributed by atoms with Crippen molar-refractivity contribution in [2.24, 2.45) is 5.73 Å². The van der Waals surface area contributed by atoms with Crippen LogP contribution in [0.3, 0.4) is 0 Å². The normalized spacial score (nSPS) is 10.3. The Bertz CT molecular complexity index is 312. The van der Waals surface area contributed by atoms with Crippen molar-refractivity contribution < 1.29 is 4.74 Å². The lowest BCUT2D eigenvalue weighted by Gasteiger charge is -2.09. The number of hydrogen-bond donors (Lipinski definition) is 1. The minimum atomic E-state index is 0.687. The second-order valence-electron chi connectivity index (χ2n) is 3.31. The molecule has 3 heteroatoms. The van der Waals surface area contributed by atoms with Gasteiger partial charge >= 0.3 is 0 Å². The van der Waals surface area contributed by atoms with Gasteiger partial charge in [0.25, 0.3) is 0 Å². The number of hydrogen-bond acceptors (Lipinski definition) is 2. The molecule has 1 aromatic carbocycles. The van der Waals surface area contributed by atoms with Crippen LogP contribution in [0.15, 0.2) is 12.1 Å². The van der Waals surface area contributed by atoms with Crippen LogP contribution in [0.25, 0.3) is 0 Å². The summed E-state index contributed by atoms with van der Waals surface area (Å²) in [5.41, 5.74) is 7.63. The van der Waals surface area contributed by atoms with E-state index in [4.69, 9.17) is 22.1 Å². The molecule has 0 radical (unpaired) electrons. The first kappa shape index (κ1) is 11.3. The average molecular weight is 214 g/mol. The molecule has 0 aliphatic heterocycles.